The minimum absolute atomic E-state index is 0.265. The number of nitrogens with one attached hydrogen (secondary N) is 2. The molecule has 0 amide bonds. The summed E-state index contributed by atoms with van der Waals surface area (Å²) >= 11 is 1.55. The van der Waals surface area contributed by atoms with Gasteiger partial charge in [0.15, 0.2) is 5.16 Å². The van der Waals surface area contributed by atoms with Crippen molar-refractivity contribution in [1.29, 1.82) is 0 Å². The normalized spacial score (nSPS) is 20.3. The summed E-state index contributed by atoms with van der Waals surface area (Å²) < 4.78 is 5.69. The molecule has 0 radical (unpaired) electrons. The molecule has 19 heavy (non-hydrogen) atoms. The zero-order valence-electron chi connectivity index (χ0n) is 11.8. The fourth-order valence-corrected chi connectivity index (χ4v) is 2.56. The Bertz CT molecular complexity index is 410. The molecule has 1 aliphatic rings. The molecule has 0 saturated carbocycles. The van der Waals surface area contributed by atoms with Gasteiger partial charge in [0, 0.05) is 19.2 Å². The number of thioether (sulfide) groups is 1. The lowest BCUT2D eigenvalue weighted by atomic mass is 10.1. The van der Waals surface area contributed by atoms with Gasteiger partial charge in [-0.1, -0.05) is 11.8 Å². The number of anilines is 2. The van der Waals surface area contributed by atoms with Gasteiger partial charge in [0.05, 0.1) is 12.1 Å². The fraction of sp³-hybridized carbons (Fsp3) is 0.692. The minimum atomic E-state index is 0.265. The number of hydrogen-bond donors (Lipinski definition) is 2. The van der Waals surface area contributed by atoms with Crippen molar-refractivity contribution in [3.63, 3.8) is 0 Å². The van der Waals surface area contributed by atoms with Crippen LogP contribution in [0.4, 0.5) is 11.6 Å². The minimum Gasteiger partial charge on any atom is -0.376 e. The first-order valence-electron chi connectivity index (χ1n) is 6.78. The van der Waals surface area contributed by atoms with Crippen LogP contribution in [0.1, 0.15) is 26.7 Å². The first kappa shape index (κ1) is 14.4. The van der Waals surface area contributed by atoms with Gasteiger partial charge in [0.1, 0.15) is 11.6 Å². The van der Waals surface area contributed by atoms with E-state index in [1.54, 1.807) is 11.8 Å². The molecule has 1 aliphatic heterocycles. The molecule has 1 fully saturated rings. The van der Waals surface area contributed by atoms with Crippen molar-refractivity contribution in [3.05, 3.63) is 6.07 Å². The van der Waals surface area contributed by atoms with Crippen LogP contribution in [0.25, 0.3) is 0 Å². The Kier molecular flexibility index (Phi) is 5.27. The van der Waals surface area contributed by atoms with Gasteiger partial charge in [-0.25, -0.2) is 9.97 Å². The molecule has 2 rings (SSSR count). The number of hydrogen-bond acceptors (Lipinski definition) is 6. The monoisotopic (exact) mass is 282 g/mol. The third-order valence-electron chi connectivity index (χ3n) is 3.14. The molecule has 2 heterocycles. The molecular weight excluding hydrogens is 260 g/mol. The molecule has 0 spiro atoms. The SMILES string of the molecule is CCNc1cc(NC(C)C2CCCO2)nc(SC)n1. The quantitative estimate of drug-likeness (QED) is 0.618. The van der Waals surface area contributed by atoms with Crippen LogP contribution >= 0.6 is 11.8 Å². The summed E-state index contributed by atoms with van der Waals surface area (Å²) in [4.78, 5) is 8.91. The molecule has 1 aromatic rings. The maximum Gasteiger partial charge on any atom is 0.191 e. The van der Waals surface area contributed by atoms with Gasteiger partial charge in [-0.3, -0.25) is 0 Å². The van der Waals surface area contributed by atoms with Crippen molar-refractivity contribution in [2.75, 3.05) is 30.0 Å². The molecule has 2 atom stereocenters. The van der Waals surface area contributed by atoms with Crippen molar-refractivity contribution in [3.8, 4) is 0 Å². The van der Waals surface area contributed by atoms with E-state index in [1.807, 2.05) is 12.3 Å². The Morgan fingerprint density at radius 3 is 2.89 bits per heavy atom. The molecule has 0 bridgehead atoms. The molecule has 106 valence electrons. The molecular formula is C13H22N4OS. The lowest BCUT2D eigenvalue weighted by Gasteiger charge is -2.21. The maximum absolute atomic E-state index is 5.69. The van der Waals surface area contributed by atoms with Crippen LogP contribution < -0.4 is 10.6 Å². The number of ether oxygens (including phenoxy) is 1. The second-order valence-corrected chi connectivity index (χ2v) is 5.41. The van der Waals surface area contributed by atoms with Gasteiger partial charge in [0.2, 0.25) is 0 Å². The molecule has 0 aromatic carbocycles. The van der Waals surface area contributed by atoms with Crippen LogP contribution in [0.2, 0.25) is 0 Å². The Balaban J connectivity index is 2.07. The van der Waals surface area contributed by atoms with Gasteiger partial charge < -0.3 is 15.4 Å². The molecule has 2 N–H and O–H groups in total. The smallest absolute Gasteiger partial charge is 0.191 e. The lowest BCUT2D eigenvalue weighted by Crippen LogP contribution is -2.30. The van der Waals surface area contributed by atoms with Crippen LogP contribution in [0.5, 0.6) is 0 Å². The summed E-state index contributed by atoms with van der Waals surface area (Å²) in [6, 6.07) is 2.22. The summed E-state index contributed by atoms with van der Waals surface area (Å²) in [5.41, 5.74) is 0. The summed E-state index contributed by atoms with van der Waals surface area (Å²) in [5, 5.41) is 7.44. The topological polar surface area (TPSA) is 59.1 Å². The Labute approximate surface area is 118 Å². The molecule has 1 aromatic heterocycles. The number of nitrogens with zero attached hydrogens (tertiary/aromatic N) is 2. The van der Waals surface area contributed by atoms with E-state index in [-0.39, 0.29) is 12.1 Å². The van der Waals surface area contributed by atoms with Crippen LogP contribution in [0, 0.1) is 0 Å². The van der Waals surface area contributed by atoms with Gasteiger partial charge in [-0.05, 0) is 32.9 Å². The van der Waals surface area contributed by atoms with Crippen LogP contribution in [-0.2, 0) is 4.74 Å². The third-order valence-corrected chi connectivity index (χ3v) is 3.69. The number of aromatic nitrogens is 2. The predicted octanol–water partition coefficient (Wildman–Crippen LogP) is 2.61. The van der Waals surface area contributed by atoms with Gasteiger partial charge in [-0.2, -0.15) is 0 Å². The Morgan fingerprint density at radius 2 is 2.26 bits per heavy atom. The van der Waals surface area contributed by atoms with Crippen molar-refractivity contribution >= 4 is 23.4 Å². The molecule has 0 aliphatic carbocycles. The molecule has 2 unspecified atom stereocenters. The van der Waals surface area contributed by atoms with E-state index in [0.29, 0.717) is 0 Å². The van der Waals surface area contributed by atoms with Crippen LogP contribution in [0.3, 0.4) is 0 Å². The molecule has 5 nitrogen and oxygen atoms in total. The second-order valence-electron chi connectivity index (χ2n) is 4.64. The van der Waals surface area contributed by atoms with E-state index in [4.69, 9.17) is 4.74 Å². The van der Waals surface area contributed by atoms with Gasteiger partial charge >= 0.3 is 0 Å². The fourth-order valence-electron chi connectivity index (χ4n) is 2.19. The largest absolute Gasteiger partial charge is 0.376 e. The second kappa shape index (κ2) is 6.96. The van der Waals surface area contributed by atoms with Crippen molar-refractivity contribution in [2.24, 2.45) is 0 Å². The zero-order chi connectivity index (χ0) is 13.7. The number of rotatable bonds is 6. The van der Waals surface area contributed by atoms with E-state index in [2.05, 4.69) is 34.4 Å². The Morgan fingerprint density at radius 1 is 1.47 bits per heavy atom. The summed E-state index contributed by atoms with van der Waals surface area (Å²) in [6.45, 7) is 5.93. The van der Waals surface area contributed by atoms with E-state index < -0.39 is 0 Å². The van der Waals surface area contributed by atoms with Crippen molar-refractivity contribution in [1.82, 2.24) is 9.97 Å². The molecule has 1 saturated heterocycles. The predicted molar refractivity (Wildman–Crippen MR) is 80.0 cm³/mol. The highest BCUT2D eigenvalue weighted by atomic mass is 32.2. The van der Waals surface area contributed by atoms with E-state index in [1.165, 1.54) is 0 Å². The summed E-state index contributed by atoms with van der Waals surface area (Å²) in [5.74, 6) is 1.72. The highest BCUT2D eigenvalue weighted by Crippen LogP contribution is 2.21. The average molecular weight is 282 g/mol. The third kappa shape index (κ3) is 3.98. The highest BCUT2D eigenvalue weighted by molar-refractivity contribution is 7.98. The van der Waals surface area contributed by atoms with Crippen LogP contribution in [-0.4, -0.2) is 41.5 Å². The van der Waals surface area contributed by atoms with Crippen molar-refractivity contribution < 1.29 is 4.74 Å². The first-order chi connectivity index (χ1) is 9.22. The van der Waals surface area contributed by atoms with Crippen molar-refractivity contribution in [2.45, 2.75) is 44.0 Å². The van der Waals surface area contributed by atoms with E-state index >= 15 is 0 Å². The Hall–Kier alpha value is -1.01. The standard InChI is InChI=1S/C13H22N4OS/c1-4-14-11-8-12(17-13(16-11)19-3)15-9(2)10-6-5-7-18-10/h8-10H,4-7H2,1-3H3,(H2,14,15,16,17). The maximum atomic E-state index is 5.69. The van der Waals surface area contributed by atoms with Gasteiger partial charge in [-0.15, -0.1) is 0 Å². The average Bonchev–Trinajstić information content (AvgIpc) is 2.92. The first-order valence-corrected chi connectivity index (χ1v) is 8.00. The van der Waals surface area contributed by atoms with E-state index in [9.17, 15) is 0 Å². The highest BCUT2D eigenvalue weighted by Gasteiger charge is 2.22. The summed E-state index contributed by atoms with van der Waals surface area (Å²) in [6.07, 6.45) is 4.54. The van der Waals surface area contributed by atoms with E-state index in [0.717, 1.165) is 42.8 Å². The summed E-state index contributed by atoms with van der Waals surface area (Å²) in [7, 11) is 0. The van der Waals surface area contributed by atoms with Gasteiger partial charge in [0.25, 0.3) is 0 Å². The zero-order valence-corrected chi connectivity index (χ0v) is 12.6. The molecule has 6 heteroatoms. The lowest BCUT2D eigenvalue weighted by molar-refractivity contribution is 0.0995. The van der Waals surface area contributed by atoms with Crippen LogP contribution in [0.15, 0.2) is 11.2 Å².